The first-order chi connectivity index (χ1) is 20.2. The highest BCUT2D eigenvalue weighted by molar-refractivity contribution is 6.39. The van der Waals surface area contributed by atoms with Gasteiger partial charge in [0.05, 0.1) is 24.6 Å². The minimum Gasteiger partial charge on any atom is -0.462 e. The molecule has 7 heteroatoms. The molecule has 0 fully saturated rings. The molecule has 1 aliphatic rings. The zero-order valence-electron chi connectivity index (χ0n) is 25.9. The summed E-state index contributed by atoms with van der Waals surface area (Å²) in [7, 11) is 0. The smallest absolute Gasteiger partial charge is 0.337 e. The lowest BCUT2D eigenvalue weighted by atomic mass is 9.84. The van der Waals surface area contributed by atoms with Crippen molar-refractivity contribution in [3.8, 4) is 0 Å². The highest BCUT2D eigenvalue weighted by Crippen LogP contribution is 2.32. The van der Waals surface area contributed by atoms with E-state index in [1.807, 2.05) is 6.07 Å². The van der Waals surface area contributed by atoms with Gasteiger partial charge in [0.25, 0.3) is 0 Å². The molecule has 1 amide bonds. The maximum Gasteiger partial charge on any atom is 0.337 e. The standard InChI is InChI=1S/C35H50ClNO5/c1-4-5-6-7-8-9-10-11-12-13-14-15-16-19-24-42-34(41)29-22-23-35(36,32(25-29)37-28(3)38)33(40)26-31(39)30-21-18-17-20-27(30)2/h17-18,20-23,25,32H,4-16,19,24,26H2,1-3H3,(H,37,38). The molecule has 2 unspecified atom stereocenters. The number of ether oxygens (including phenoxy) is 1. The fourth-order valence-corrected chi connectivity index (χ4v) is 5.49. The number of hydrogen-bond acceptors (Lipinski definition) is 5. The summed E-state index contributed by atoms with van der Waals surface area (Å²) in [5.74, 6) is -1.85. The number of amides is 1. The number of aryl methyl sites for hydroxylation is 1. The van der Waals surface area contributed by atoms with Crippen LogP contribution in [-0.2, 0) is 19.1 Å². The number of benzene rings is 1. The number of carbonyl (C=O) groups excluding carboxylic acids is 4. The topological polar surface area (TPSA) is 89.5 Å². The SMILES string of the molecule is CCCCCCCCCCCCCCCCOC(=O)C1=CC(NC(C)=O)C(Cl)(C(=O)CC(=O)c2ccccc2C)C=C1. The molecule has 0 spiro atoms. The lowest BCUT2D eigenvalue weighted by molar-refractivity contribution is -0.139. The van der Waals surface area contributed by atoms with Crippen LogP contribution in [0.1, 0.15) is 126 Å². The molecule has 6 nitrogen and oxygen atoms in total. The average molecular weight is 600 g/mol. The molecule has 0 aliphatic heterocycles. The highest BCUT2D eigenvalue weighted by Gasteiger charge is 2.44. The molecule has 0 bridgehead atoms. The predicted octanol–water partition coefficient (Wildman–Crippen LogP) is 8.14. The summed E-state index contributed by atoms with van der Waals surface area (Å²) in [6.07, 6.45) is 21.3. The molecule has 1 aliphatic carbocycles. The second-order valence-corrected chi connectivity index (χ2v) is 12.1. The van der Waals surface area contributed by atoms with Crippen molar-refractivity contribution in [2.45, 2.75) is 128 Å². The number of nitrogens with one attached hydrogen (secondary N) is 1. The normalized spacial score (nSPS) is 17.9. The minimum absolute atomic E-state index is 0.216. The third kappa shape index (κ3) is 12.2. The Morgan fingerprint density at radius 3 is 1.95 bits per heavy atom. The van der Waals surface area contributed by atoms with E-state index >= 15 is 0 Å². The molecule has 1 aromatic carbocycles. The molecule has 0 heterocycles. The third-order valence-electron chi connectivity index (χ3n) is 7.82. The molecular formula is C35H50ClNO5. The van der Waals surface area contributed by atoms with Crippen LogP contribution in [0.25, 0.3) is 0 Å². The van der Waals surface area contributed by atoms with Crippen LogP contribution in [-0.4, -0.2) is 41.0 Å². The van der Waals surface area contributed by atoms with Gasteiger partial charge in [-0.05, 0) is 31.1 Å². The number of carbonyl (C=O) groups is 4. The van der Waals surface area contributed by atoms with Gasteiger partial charge in [0, 0.05) is 12.5 Å². The van der Waals surface area contributed by atoms with Crippen LogP contribution in [0.15, 0.2) is 48.1 Å². The van der Waals surface area contributed by atoms with Crippen molar-refractivity contribution >= 4 is 35.0 Å². The summed E-state index contributed by atoms with van der Waals surface area (Å²) in [4.78, 5) is 48.9. The summed E-state index contributed by atoms with van der Waals surface area (Å²) in [6, 6.07) is 6.02. The molecular weight excluding hydrogens is 550 g/mol. The molecule has 2 atom stereocenters. The van der Waals surface area contributed by atoms with Crippen molar-refractivity contribution in [1.82, 2.24) is 5.32 Å². The van der Waals surface area contributed by atoms with Gasteiger partial charge >= 0.3 is 5.97 Å². The Labute approximate surface area is 257 Å². The molecule has 0 aromatic heterocycles. The molecule has 0 radical (unpaired) electrons. The lowest BCUT2D eigenvalue weighted by Crippen LogP contribution is -2.53. The fraction of sp³-hybridized carbons (Fsp3) is 0.600. The van der Waals surface area contributed by atoms with Gasteiger partial charge in [0.2, 0.25) is 5.91 Å². The van der Waals surface area contributed by atoms with Gasteiger partial charge in [-0.25, -0.2) is 4.79 Å². The zero-order valence-corrected chi connectivity index (χ0v) is 26.6. The maximum absolute atomic E-state index is 13.2. The van der Waals surface area contributed by atoms with E-state index in [9.17, 15) is 19.2 Å². The second-order valence-electron chi connectivity index (χ2n) is 11.5. The van der Waals surface area contributed by atoms with Crippen LogP contribution >= 0.6 is 11.6 Å². The summed E-state index contributed by atoms with van der Waals surface area (Å²) < 4.78 is 5.45. The first kappa shape index (κ1) is 35.5. The van der Waals surface area contributed by atoms with Crippen molar-refractivity contribution in [2.75, 3.05) is 6.61 Å². The van der Waals surface area contributed by atoms with E-state index in [0.717, 1.165) is 24.8 Å². The van der Waals surface area contributed by atoms with Crippen molar-refractivity contribution in [3.63, 3.8) is 0 Å². The van der Waals surface area contributed by atoms with E-state index in [1.54, 1.807) is 25.1 Å². The number of ketones is 2. The van der Waals surface area contributed by atoms with E-state index in [0.29, 0.717) is 12.2 Å². The van der Waals surface area contributed by atoms with E-state index in [-0.39, 0.29) is 11.4 Å². The number of unbranched alkanes of at least 4 members (excludes halogenated alkanes) is 13. The quantitative estimate of drug-likeness (QED) is 0.0506. The van der Waals surface area contributed by atoms with Crippen LogP contribution in [0.5, 0.6) is 0 Å². The zero-order chi connectivity index (χ0) is 30.8. The van der Waals surface area contributed by atoms with Crippen LogP contribution in [0.3, 0.4) is 0 Å². The number of rotatable bonds is 21. The summed E-state index contributed by atoms with van der Waals surface area (Å²) in [5.41, 5.74) is 1.43. The van der Waals surface area contributed by atoms with Gasteiger partial charge < -0.3 is 10.1 Å². The Balaban J connectivity index is 1.73. The summed E-state index contributed by atoms with van der Waals surface area (Å²) in [5, 5.41) is 2.65. The van der Waals surface area contributed by atoms with E-state index in [1.165, 1.54) is 95.8 Å². The molecule has 2 rings (SSSR count). The van der Waals surface area contributed by atoms with Crippen molar-refractivity contribution in [3.05, 3.63) is 59.2 Å². The van der Waals surface area contributed by atoms with Gasteiger partial charge in [0.1, 0.15) is 4.87 Å². The maximum atomic E-state index is 13.2. The number of hydrogen-bond donors (Lipinski definition) is 1. The average Bonchev–Trinajstić information content (AvgIpc) is 2.96. The number of halogens is 1. The van der Waals surface area contributed by atoms with E-state index in [2.05, 4.69) is 12.2 Å². The molecule has 0 saturated heterocycles. The van der Waals surface area contributed by atoms with Crippen LogP contribution in [0, 0.1) is 6.92 Å². The summed E-state index contributed by atoms with van der Waals surface area (Å²) >= 11 is 6.72. The Hall–Kier alpha value is -2.73. The molecule has 42 heavy (non-hydrogen) atoms. The first-order valence-electron chi connectivity index (χ1n) is 15.8. The van der Waals surface area contributed by atoms with Gasteiger partial charge in [-0.2, -0.15) is 0 Å². The molecule has 1 N–H and O–H groups in total. The fourth-order valence-electron chi connectivity index (χ4n) is 5.25. The van der Waals surface area contributed by atoms with Crippen molar-refractivity contribution < 1.29 is 23.9 Å². The monoisotopic (exact) mass is 599 g/mol. The highest BCUT2D eigenvalue weighted by atomic mass is 35.5. The molecule has 1 aromatic rings. The van der Waals surface area contributed by atoms with Gasteiger partial charge in [0.15, 0.2) is 11.6 Å². The molecule has 232 valence electrons. The Morgan fingerprint density at radius 2 is 1.40 bits per heavy atom. The Bertz CT molecular complexity index is 1090. The van der Waals surface area contributed by atoms with Crippen LogP contribution in [0.4, 0.5) is 0 Å². The minimum atomic E-state index is -1.69. The Morgan fingerprint density at radius 1 is 0.857 bits per heavy atom. The second kappa shape index (κ2) is 19.5. The Kier molecular flexibility index (Phi) is 16.4. The van der Waals surface area contributed by atoms with E-state index < -0.39 is 35.0 Å². The van der Waals surface area contributed by atoms with Gasteiger partial charge in [-0.1, -0.05) is 121 Å². The van der Waals surface area contributed by atoms with Crippen LogP contribution < -0.4 is 5.32 Å². The number of alkyl halides is 1. The lowest BCUT2D eigenvalue weighted by Gasteiger charge is -2.32. The van der Waals surface area contributed by atoms with Gasteiger partial charge in [-0.15, -0.1) is 11.6 Å². The first-order valence-corrected chi connectivity index (χ1v) is 16.2. The molecule has 0 saturated carbocycles. The summed E-state index contributed by atoms with van der Waals surface area (Å²) in [6.45, 7) is 5.67. The largest absolute Gasteiger partial charge is 0.462 e. The number of Topliss-reactive ketones (excluding diaryl/α,β-unsaturated/α-hetero) is 2. The number of esters is 1. The third-order valence-corrected chi connectivity index (χ3v) is 8.40. The van der Waals surface area contributed by atoms with Crippen molar-refractivity contribution in [2.24, 2.45) is 0 Å². The van der Waals surface area contributed by atoms with Gasteiger partial charge in [-0.3, -0.25) is 14.4 Å². The predicted molar refractivity (Wildman–Crippen MR) is 170 cm³/mol. The van der Waals surface area contributed by atoms with Crippen LogP contribution in [0.2, 0.25) is 0 Å². The van der Waals surface area contributed by atoms with E-state index in [4.69, 9.17) is 16.3 Å². The van der Waals surface area contributed by atoms with Crippen molar-refractivity contribution in [1.29, 1.82) is 0 Å².